The quantitative estimate of drug-likeness (QED) is 0.105. The van der Waals surface area contributed by atoms with Crippen molar-refractivity contribution in [2.24, 2.45) is 10.8 Å². The molecule has 6 aromatic carbocycles. The van der Waals surface area contributed by atoms with Crippen LogP contribution in [0.2, 0.25) is 0 Å². The first-order chi connectivity index (χ1) is 26.6. The molecule has 0 aliphatic heterocycles. The zero-order valence-corrected chi connectivity index (χ0v) is 41.2. The maximum absolute atomic E-state index is 3.06. The topological polar surface area (TPSA) is 0 Å². The summed E-state index contributed by atoms with van der Waals surface area (Å²) >= 11 is 1.36. The second-order valence-corrected chi connectivity index (χ2v) is 16.7. The Hall–Kier alpha value is -2.22. The first-order valence-corrected chi connectivity index (χ1v) is 25.5. The minimum absolute atomic E-state index is 0. The summed E-state index contributed by atoms with van der Waals surface area (Å²) in [5.41, 5.74) is 9.54. The summed E-state index contributed by atoms with van der Waals surface area (Å²) < 4.78 is 0. The molecule has 0 N–H and O–H groups in total. The zero-order valence-electron chi connectivity index (χ0n) is 36.1. The predicted octanol–water partition coefficient (Wildman–Crippen LogP) is 17.2. The zero-order chi connectivity index (χ0) is 37.6. The number of rotatable bonds is 8. The predicted molar refractivity (Wildman–Crippen MR) is 261 cm³/mol. The van der Waals surface area contributed by atoms with E-state index in [1.54, 1.807) is 11.1 Å². The van der Waals surface area contributed by atoms with Crippen LogP contribution in [0.1, 0.15) is 128 Å². The third-order valence-corrected chi connectivity index (χ3v) is 13.3. The van der Waals surface area contributed by atoms with E-state index >= 15 is 0 Å². The second kappa shape index (κ2) is 26.2. The van der Waals surface area contributed by atoms with Crippen LogP contribution in [0.15, 0.2) is 121 Å². The molecule has 8 rings (SSSR count). The van der Waals surface area contributed by atoms with Crippen LogP contribution >= 0.6 is 24.8 Å². The van der Waals surface area contributed by atoms with E-state index in [9.17, 15) is 0 Å². The standard InChI is InChI=1S/2C26H31.2CH3.2ClH.Si.Zr/c2*1-2-26(16-9-4-3-5-10-17-26)20-21-18-23-14-11-15-24(25(23)19-21)22-12-7-6-8-13-22;;;;;;/h2*6-8,11-15,18-19H,2-5,9-10,16-17,20H2,1H3;2*1H3;2*1H;;/q4*-1;;;;. The van der Waals surface area contributed by atoms with Gasteiger partial charge in [0.2, 0.25) is 0 Å². The van der Waals surface area contributed by atoms with Gasteiger partial charge in [0.05, 0.1) is 0 Å². The minimum atomic E-state index is 0. The molecule has 2 saturated carbocycles. The Morgan fingerprint density at radius 1 is 0.466 bits per heavy atom. The molecule has 2 radical (unpaired) electrons. The molecule has 2 aliphatic carbocycles. The van der Waals surface area contributed by atoms with Crippen molar-refractivity contribution in [3.05, 3.63) is 147 Å². The fraction of sp³-hybridized carbons (Fsp3) is 0.407. The molecule has 2 fully saturated rings. The Balaban J connectivity index is 0.000000360. The van der Waals surface area contributed by atoms with Crippen molar-refractivity contribution in [1.29, 1.82) is 0 Å². The molecule has 58 heavy (non-hydrogen) atoms. The van der Waals surface area contributed by atoms with Gasteiger partial charge in [0.25, 0.3) is 0 Å². The van der Waals surface area contributed by atoms with E-state index in [0.29, 0.717) is 10.8 Å². The Bertz CT molecular complexity index is 1850. The SMILES string of the molecule is CCC1(Cc2cc3c(-c4ccccc4)cccc3[cH-]2)CCCCCCC1.CCC1(Cc2cc3c(-c4ccccc4)cccc3[cH-]2)CCCCCCC1.Cl.Cl.[CH3-].[CH3-].[Si]=[Zr]. The van der Waals surface area contributed by atoms with Gasteiger partial charge in [0, 0.05) is 0 Å². The molecular weight excluding hydrogens is 839 g/mol. The van der Waals surface area contributed by atoms with E-state index in [0.717, 1.165) is 0 Å². The number of halogens is 2. The van der Waals surface area contributed by atoms with Gasteiger partial charge < -0.3 is 14.9 Å². The normalized spacial score (nSPS) is 15.9. The van der Waals surface area contributed by atoms with E-state index < -0.39 is 0 Å². The molecule has 6 aromatic rings. The molecule has 0 atom stereocenters. The Morgan fingerprint density at radius 3 is 1.12 bits per heavy atom. The summed E-state index contributed by atoms with van der Waals surface area (Å²) in [4.78, 5) is 0. The van der Waals surface area contributed by atoms with Crippen molar-refractivity contribution >= 4 is 53.2 Å². The van der Waals surface area contributed by atoms with Crippen LogP contribution in [0.4, 0.5) is 0 Å². The fourth-order valence-electron chi connectivity index (χ4n) is 10.0. The first kappa shape index (κ1) is 51.9. The third kappa shape index (κ3) is 13.4. The van der Waals surface area contributed by atoms with Crippen LogP contribution in [0, 0.1) is 25.7 Å². The Morgan fingerprint density at radius 2 is 0.793 bits per heavy atom. The van der Waals surface area contributed by atoms with E-state index in [2.05, 4.69) is 142 Å². The van der Waals surface area contributed by atoms with Gasteiger partial charge in [0.1, 0.15) is 0 Å². The van der Waals surface area contributed by atoms with E-state index in [4.69, 9.17) is 0 Å². The molecule has 0 nitrogen and oxygen atoms in total. The summed E-state index contributed by atoms with van der Waals surface area (Å²) in [6.07, 6.45) is 25.1. The first-order valence-electron chi connectivity index (χ1n) is 21.3. The Kier molecular flexibility index (Phi) is 23.4. The molecular formula is C54H70Cl2SiZr-4. The summed E-state index contributed by atoms with van der Waals surface area (Å²) in [7, 11) is 0. The monoisotopic (exact) mass is 906 g/mol. The third-order valence-electron chi connectivity index (χ3n) is 13.3. The van der Waals surface area contributed by atoms with Gasteiger partial charge in [-0.25, -0.2) is 0 Å². The van der Waals surface area contributed by atoms with Gasteiger partial charge in [-0.05, 0) is 60.5 Å². The van der Waals surface area contributed by atoms with Gasteiger partial charge in [-0.2, -0.15) is 12.1 Å². The van der Waals surface area contributed by atoms with Gasteiger partial charge in [-0.3, -0.25) is 0 Å². The van der Waals surface area contributed by atoms with Crippen LogP contribution in [-0.2, 0) is 36.2 Å². The summed E-state index contributed by atoms with van der Waals surface area (Å²) in [6, 6.07) is 45.0. The molecule has 0 heterocycles. The number of hydrogen-bond acceptors (Lipinski definition) is 0. The summed E-state index contributed by atoms with van der Waals surface area (Å²) in [6.45, 7) is 7.89. The van der Waals surface area contributed by atoms with Crippen LogP contribution < -0.4 is 0 Å². The molecule has 4 heteroatoms. The van der Waals surface area contributed by atoms with Gasteiger partial charge in [0.15, 0.2) is 0 Å². The van der Waals surface area contributed by atoms with Crippen LogP contribution in [-0.4, -0.2) is 6.88 Å². The number of benzene rings is 4. The Labute approximate surface area is 383 Å². The molecule has 0 unspecified atom stereocenters. The molecule has 2 aliphatic rings. The van der Waals surface area contributed by atoms with Gasteiger partial charge >= 0.3 is 30.2 Å². The van der Waals surface area contributed by atoms with Crippen molar-refractivity contribution in [3.8, 4) is 22.3 Å². The van der Waals surface area contributed by atoms with Crippen LogP contribution in [0.3, 0.4) is 0 Å². The van der Waals surface area contributed by atoms with E-state index in [-0.39, 0.29) is 39.7 Å². The van der Waals surface area contributed by atoms with E-state index in [1.165, 1.54) is 183 Å². The average Bonchev–Trinajstić information content (AvgIpc) is 3.82. The number of hydrogen-bond donors (Lipinski definition) is 0. The maximum atomic E-state index is 3.06. The van der Waals surface area contributed by atoms with Crippen molar-refractivity contribution in [2.75, 3.05) is 0 Å². The molecule has 0 aromatic heterocycles. The van der Waals surface area contributed by atoms with Crippen molar-refractivity contribution in [2.45, 2.75) is 129 Å². The molecule has 0 amide bonds. The number of fused-ring (bicyclic) bond motifs is 2. The summed E-state index contributed by atoms with van der Waals surface area (Å²) in [5, 5.41) is 5.65. The van der Waals surface area contributed by atoms with Crippen LogP contribution in [0.25, 0.3) is 43.8 Å². The van der Waals surface area contributed by atoms with E-state index in [1.807, 2.05) is 0 Å². The van der Waals surface area contributed by atoms with Crippen molar-refractivity contribution in [3.63, 3.8) is 0 Å². The van der Waals surface area contributed by atoms with Gasteiger partial charge in [-0.1, -0.05) is 175 Å². The average molecular weight is 909 g/mol. The molecule has 312 valence electrons. The van der Waals surface area contributed by atoms with Crippen molar-refractivity contribution < 1.29 is 23.3 Å². The van der Waals surface area contributed by atoms with Crippen molar-refractivity contribution in [1.82, 2.24) is 0 Å². The molecule has 0 bridgehead atoms. The van der Waals surface area contributed by atoms with Gasteiger partial charge in [-0.15, -0.1) is 93.9 Å². The second-order valence-electron chi connectivity index (χ2n) is 16.7. The molecule has 0 saturated heterocycles. The molecule has 0 spiro atoms. The summed E-state index contributed by atoms with van der Waals surface area (Å²) in [5.74, 6) is 0. The van der Waals surface area contributed by atoms with Crippen LogP contribution in [0.5, 0.6) is 0 Å². The fourth-order valence-corrected chi connectivity index (χ4v) is 10.0.